The van der Waals surface area contributed by atoms with Crippen LogP contribution in [0.4, 0.5) is 5.69 Å². The molecule has 0 saturated heterocycles. The monoisotopic (exact) mass is 252 g/mol. The minimum Gasteiger partial charge on any atom is -0.478 e. The summed E-state index contributed by atoms with van der Waals surface area (Å²) in [6.45, 7) is 0. The summed E-state index contributed by atoms with van der Waals surface area (Å²) in [6, 6.07) is 17.4. The van der Waals surface area contributed by atoms with E-state index in [1.165, 1.54) is 12.1 Å². The second-order valence-electron chi connectivity index (χ2n) is 4.00. The first-order valence-corrected chi connectivity index (χ1v) is 5.75. The van der Waals surface area contributed by atoms with Gasteiger partial charge in [0, 0.05) is 5.69 Å². The fourth-order valence-electron chi connectivity index (χ4n) is 1.71. The van der Waals surface area contributed by atoms with E-state index in [1.54, 1.807) is 12.1 Å². The lowest BCUT2D eigenvalue weighted by molar-refractivity contribution is 0.0697. The van der Waals surface area contributed by atoms with Gasteiger partial charge in [-0.2, -0.15) is 5.26 Å². The van der Waals surface area contributed by atoms with Gasteiger partial charge in [0.25, 0.3) is 0 Å². The fourth-order valence-corrected chi connectivity index (χ4v) is 1.71. The summed E-state index contributed by atoms with van der Waals surface area (Å²) in [5.41, 5.74) is 1.80. The Kier molecular flexibility index (Phi) is 3.79. The van der Waals surface area contributed by atoms with Gasteiger partial charge in [0.2, 0.25) is 0 Å². The largest absolute Gasteiger partial charge is 0.478 e. The van der Waals surface area contributed by atoms with Crippen molar-refractivity contribution in [3.63, 3.8) is 0 Å². The van der Waals surface area contributed by atoms with E-state index in [0.717, 1.165) is 5.56 Å². The number of carboxylic acid groups (broad SMARTS) is 1. The van der Waals surface area contributed by atoms with Crippen molar-refractivity contribution in [2.75, 3.05) is 5.32 Å². The number of rotatable bonds is 4. The summed E-state index contributed by atoms with van der Waals surface area (Å²) in [7, 11) is 0. The number of anilines is 1. The molecule has 0 unspecified atom stereocenters. The van der Waals surface area contributed by atoms with Crippen molar-refractivity contribution < 1.29 is 9.90 Å². The van der Waals surface area contributed by atoms with Crippen LogP contribution in [0.3, 0.4) is 0 Å². The van der Waals surface area contributed by atoms with Crippen molar-refractivity contribution in [3.8, 4) is 6.07 Å². The van der Waals surface area contributed by atoms with Crippen LogP contribution in [0.1, 0.15) is 22.0 Å². The van der Waals surface area contributed by atoms with E-state index in [2.05, 4.69) is 11.4 Å². The molecule has 0 aromatic heterocycles. The summed E-state index contributed by atoms with van der Waals surface area (Å²) < 4.78 is 0. The zero-order valence-corrected chi connectivity index (χ0v) is 10.1. The van der Waals surface area contributed by atoms with Gasteiger partial charge in [0.05, 0.1) is 11.6 Å². The maximum absolute atomic E-state index is 10.7. The first-order chi connectivity index (χ1) is 9.20. The minimum absolute atomic E-state index is 0.221. The normalized spacial score (nSPS) is 11.3. The maximum Gasteiger partial charge on any atom is 0.335 e. The number of nitrogens with zero attached hydrogens (tertiary/aromatic N) is 1. The van der Waals surface area contributed by atoms with Crippen LogP contribution >= 0.6 is 0 Å². The molecule has 94 valence electrons. The van der Waals surface area contributed by atoms with Gasteiger partial charge in [-0.3, -0.25) is 0 Å². The molecule has 0 amide bonds. The topological polar surface area (TPSA) is 73.1 Å². The SMILES string of the molecule is N#C[C@@H](Nc1ccc(C(=O)O)cc1)c1ccccc1. The van der Waals surface area contributed by atoms with Crippen molar-refractivity contribution in [1.82, 2.24) is 0 Å². The molecular formula is C15H12N2O2. The van der Waals surface area contributed by atoms with E-state index in [1.807, 2.05) is 30.3 Å². The van der Waals surface area contributed by atoms with Gasteiger partial charge < -0.3 is 10.4 Å². The first-order valence-electron chi connectivity index (χ1n) is 5.75. The van der Waals surface area contributed by atoms with Crippen LogP contribution in [-0.4, -0.2) is 11.1 Å². The number of benzene rings is 2. The Balaban J connectivity index is 2.16. The molecule has 2 rings (SSSR count). The number of nitrogens with one attached hydrogen (secondary N) is 1. The highest BCUT2D eigenvalue weighted by Gasteiger charge is 2.10. The van der Waals surface area contributed by atoms with Crippen LogP contribution < -0.4 is 5.32 Å². The van der Waals surface area contributed by atoms with Crippen LogP contribution in [0.2, 0.25) is 0 Å². The Hall–Kier alpha value is -2.80. The zero-order valence-electron chi connectivity index (χ0n) is 10.1. The Morgan fingerprint density at radius 2 is 1.74 bits per heavy atom. The molecular weight excluding hydrogens is 240 g/mol. The molecule has 1 atom stereocenters. The zero-order chi connectivity index (χ0) is 13.7. The average Bonchev–Trinajstić information content (AvgIpc) is 2.46. The van der Waals surface area contributed by atoms with Crippen molar-refractivity contribution in [1.29, 1.82) is 5.26 Å². The molecule has 4 heteroatoms. The van der Waals surface area contributed by atoms with E-state index in [4.69, 9.17) is 5.11 Å². The number of carboxylic acids is 1. The molecule has 0 fully saturated rings. The Labute approximate surface area is 110 Å². The summed E-state index contributed by atoms with van der Waals surface area (Å²) in [6.07, 6.45) is 0. The molecule has 4 nitrogen and oxygen atoms in total. The number of hydrogen-bond acceptors (Lipinski definition) is 3. The van der Waals surface area contributed by atoms with Crippen LogP contribution in [0.15, 0.2) is 54.6 Å². The summed E-state index contributed by atoms with van der Waals surface area (Å²) >= 11 is 0. The van der Waals surface area contributed by atoms with Gasteiger partial charge in [-0.1, -0.05) is 30.3 Å². The second-order valence-corrected chi connectivity index (χ2v) is 4.00. The number of carbonyl (C=O) groups is 1. The lowest BCUT2D eigenvalue weighted by Crippen LogP contribution is -2.08. The number of aromatic carboxylic acids is 1. The number of nitriles is 1. The molecule has 2 aromatic rings. The highest BCUT2D eigenvalue weighted by molar-refractivity contribution is 5.88. The first kappa shape index (κ1) is 12.7. The van der Waals surface area contributed by atoms with Crippen LogP contribution in [0.5, 0.6) is 0 Å². The highest BCUT2D eigenvalue weighted by atomic mass is 16.4. The Morgan fingerprint density at radius 1 is 1.11 bits per heavy atom. The fraction of sp³-hybridized carbons (Fsp3) is 0.0667. The molecule has 0 aliphatic heterocycles. The van der Waals surface area contributed by atoms with E-state index >= 15 is 0 Å². The lowest BCUT2D eigenvalue weighted by atomic mass is 10.1. The van der Waals surface area contributed by atoms with Crippen LogP contribution in [-0.2, 0) is 0 Å². The molecule has 0 saturated carbocycles. The maximum atomic E-state index is 10.7. The molecule has 0 aliphatic carbocycles. The summed E-state index contributed by atoms with van der Waals surface area (Å²) in [4.78, 5) is 10.7. The van der Waals surface area contributed by atoms with E-state index in [0.29, 0.717) is 5.69 Å². The molecule has 2 N–H and O–H groups in total. The third kappa shape index (κ3) is 3.11. The van der Waals surface area contributed by atoms with Gasteiger partial charge in [-0.05, 0) is 29.8 Å². The second kappa shape index (κ2) is 5.69. The van der Waals surface area contributed by atoms with Gasteiger partial charge in [0.15, 0.2) is 0 Å². The van der Waals surface area contributed by atoms with Gasteiger partial charge >= 0.3 is 5.97 Å². The van der Waals surface area contributed by atoms with E-state index in [9.17, 15) is 10.1 Å². The molecule has 0 aliphatic rings. The average molecular weight is 252 g/mol. The summed E-state index contributed by atoms with van der Waals surface area (Å²) in [5, 5.41) is 21.0. The smallest absolute Gasteiger partial charge is 0.335 e. The molecule has 0 heterocycles. The molecule has 19 heavy (non-hydrogen) atoms. The quantitative estimate of drug-likeness (QED) is 0.877. The molecule has 0 spiro atoms. The standard InChI is InChI=1S/C15H12N2O2/c16-10-14(11-4-2-1-3-5-11)17-13-8-6-12(7-9-13)15(18)19/h1-9,14,17H,(H,18,19)/t14-/m1/s1. The van der Waals surface area contributed by atoms with Gasteiger partial charge in [-0.15, -0.1) is 0 Å². The molecule has 0 bridgehead atoms. The minimum atomic E-state index is -0.966. The number of hydrogen-bond donors (Lipinski definition) is 2. The van der Waals surface area contributed by atoms with Crippen molar-refractivity contribution >= 4 is 11.7 Å². The van der Waals surface area contributed by atoms with Crippen molar-refractivity contribution in [3.05, 3.63) is 65.7 Å². The Morgan fingerprint density at radius 3 is 2.26 bits per heavy atom. The predicted octanol–water partition coefficient (Wildman–Crippen LogP) is 3.06. The Bertz CT molecular complexity index is 600. The molecule has 2 aromatic carbocycles. The lowest BCUT2D eigenvalue weighted by Gasteiger charge is -2.13. The third-order valence-corrected chi connectivity index (χ3v) is 2.70. The summed E-state index contributed by atoms with van der Waals surface area (Å²) in [5.74, 6) is -0.966. The van der Waals surface area contributed by atoms with Crippen LogP contribution in [0.25, 0.3) is 0 Å². The van der Waals surface area contributed by atoms with Crippen LogP contribution in [0, 0.1) is 11.3 Å². The van der Waals surface area contributed by atoms with Gasteiger partial charge in [-0.25, -0.2) is 4.79 Å². The van der Waals surface area contributed by atoms with E-state index in [-0.39, 0.29) is 5.56 Å². The van der Waals surface area contributed by atoms with Crippen molar-refractivity contribution in [2.24, 2.45) is 0 Å². The molecule has 0 radical (unpaired) electrons. The van der Waals surface area contributed by atoms with E-state index < -0.39 is 12.0 Å². The highest BCUT2D eigenvalue weighted by Crippen LogP contribution is 2.19. The third-order valence-electron chi connectivity index (χ3n) is 2.70. The van der Waals surface area contributed by atoms with Gasteiger partial charge in [0.1, 0.15) is 6.04 Å². The predicted molar refractivity (Wildman–Crippen MR) is 71.8 cm³/mol. The van der Waals surface area contributed by atoms with Crippen molar-refractivity contribution in [2.45, 2.75) is 6.04 Å².